The average molecular weight is 188 g/mol. The van der Waals surface area contributed by atoms with Crippen molar-refractivity contribution < 1.29 is 9.84 Å². The lowest BCUT2D eigenvalue weighted by Gasteiger charge is -2.22. The maximum atomic E-state index is 9.91. The molecular formula is C11H24O2. The van der Waals surface area contributed by atoms with Crippen LogP contribution in [0.4, 0.5) is 0 Å². The van der Waals surface area contributed by atoms with E-state index in [-0.39, 0.29) is 0 Å². The highest BCUT2D eigenvalue weighted by Gasteiger charge is 2.18. The normalized spacial score (nSPS) is 15.7. The predicted molar refractivity (Wildman–Crippen MR) is 55.9 cm³/mol. The number of methoxy groups -OCH3 is 1. The van der Waals surface area contributed by atoms with E-state index < -0.39 is 5.60 Å². The first-order valence-electron chi connectivity index (χ1n) is 5.33. The summed E-state index contributed by atoms with van der Waals surface area (Å²) in [4.78, 5) is 0. The Morgan fingerprint density at radius 2 is 1.77 bits per heavy atom. The summed E-state index contributed by atoms with van der Waals surface area (Å²) in [5.74, 6) is 0. The molecule has 0 radical (unpaired) electrons. The van der Waals surface area contributed by atoms with Crippen LogP contribution < -0.4 is 0 Å². The number of hydrogen-bond donors (Lipinski definition) is 1. The lowest BCUT2D eigenvalue weighted by molar-refractivity contribution is 0.0301. The van der Waals surface area contributed by atoms with Crippen LogP contribution in [-0.4, -0.2) is 24.4 Å². The first kappa shape index (κ1) is 12.9. The molecule has 0 amide bonds. The molecule has 0 aromatic heterocycles. The van der Waals surface area contributed by atoms with E-state index in [1.54, 1.807) is 7.11 Å². The molecule has 0 aromatic carbocycles. The second kappa shape index (κ2) is 7.34. The van der Waals surface area contributed by atoms with Gasteiger partial charge in [0.05, 0.1) is 5.60 Å². The quantitative estimate of drug-likeness (QED) is 0.593. The fraction of sp³-hybridized carbons (Fsp3) is 1.00. The third kappa shape index (κ3) is 8.26. The van der Waals surface area contributed by atoms with Crippen LogP contribution in [0.25, 0.3) is 0 Å². The van der Waals surface area contributed by atoms with E-state index in [0.29, 0.717) is 0 Å². The second-order valence-corrected chi connectivity index (χ2v) is 4.05. The van der Waals surface area contributed by atoms with Gasteiger partial charge in [0.25, 0.3) is 0 Å². The van der Waals surface area contributed by atoms with E-state index in [1.165, 1.54) is 12.8 Å². The number of unbranched alkanes of at least 4 members (excludes halogenated alkanes) is 2. The summed E-state index contributed by atoms with van der Waals surface area (Å²) in [5.41, 5.74) is -0.478. The van der Waals surface area contributed by atoms with Crippen LogP contribution in [0.3, 0.4) is 0 Å². The van der Waals surface area contributed by atoms with E-state index in [4.69, 9.17) is 4.74 Å². The van der Waals surface area contributed by atoms with Crippen LogP contribution >= 0.6 is 0 Å². The molecule has 0 aliphatic rings. The molecule has 1 atom stereocenters. The zero-order valence-electron chi connectivity index (χ0n) is 9.31. The fourth-order valence-electron chi connectivity index (χ4n) is 1.48. The van der Waals surface area contributed by atoms with Crippen molar-refractivity contribution in [3.05, 3.63) is 0 Å². The van der Waals surface area contributed by atoms with Crippen LogP contribution in [-0.2, 0) is 4.74 Å². The van der Waals surface area contributed by atoms with E-state index >= 15 is 0 Å². The lowest BCUT2D eigenvalue weighted by Crippen LogP contribution is -2.24. The summed E-state index contributed by atoms with van der Waals surface area (Å²) in [7, 11) is 1.70. The molecule has 0 rings (SSSR count). The highest BCUT2D eigenvalue weighted by molar-refractivity contribution is 4.71. The molecular weight excluding hydrogens is 164 g/mol. The Labute approximate surface area is 82.3 Å². The third-order valence-electron chi connectivity index (χ3n) is 2.38. The number of rotatable bonds is 8. The summed E-state index contributed by atoms with van der Waals surface area (Å²) in [6, 6.07) is 0. The van der Waals surface area contributed by atoms with Gasteiger partial charge in [0.15, 0.2) is 0 Å². The van der Waals surface area contributed by atoms with Crippen LogP contribution in [0.2, 0.25) is 0 Å². The molecule has 0 saturated carbocycles. The topological polar surface area (TPSA) is 29.5 Å². The predicted octanol–water partition coefficient (Wildman–Crippen LogP) is 2.74. The SMILES string of the molecule is CCCCCC(C)(O)CCCOC. The van der Waals surface area contributed by atoms with Gasteiger partial charge in [0, 0.05) is 13.7 Å². The van der Waals surface area contributed by atoms with Crippen molar-refractivity contribution in [2.75, 3.05) is 13.7 Å². The van der Waals surface area contributed by atoms with Crippen molar-refractivity contribution in [1.29, 1.82) is 0 Å². The molecule has 2 nitrogen and oxygen atoms in total. The van der Waals surface area contributed by atoms with Crippen LogP contribution in [0, 0.1) is 0 Å². The van der Waals surface area contributed by atoms with Gasteiger partial charge in [-0.2, -0.15) is 0 Å². The molecule has 0 saturated heterocycles. The average Bonchev–Trinajstić information content (AvgIpc) is 2.05. The van der Waals surface area contributed by atoms with Crippen molar-refractivity contribution in [3.63, 3.8) is 0 Å². The first-order chi connectivity index (χ1) is 6.12. The van der Waals surface area contributed by atoms with Crippen molar-refractivity contribution in [2.24, 2.45) is 0 Å². The number of hydrogen-bond acceptors (Lipinski definition) is 2. The van der Waals surface area contributed by atoms with Crippen molar-refractivity contribution in [3.8, 4) is 0 Å². The van der Waals surface area contributed by atoms with Gasteiger partial charge in [-0.3, -0.25) is 0 Å². The van der Waals surface area contributed by atoms with Gasteiger partial charge < -0.3 is 9.84 Å². The maximum absolute atomic E-state index is 9.91. The summed E-state index contributed by atoms with van der Waals surface area (Å²) in [6.07, 6.45) is 6.30. The summed E-state index contributed by atoms with van der Waals surface area (Å²) in [5, 5.41) is 9.91. The summed E-state index contributed by atoms with van der Waals surface area (Å²) < 4.78 is 4.95. The molecule has 0 aliphatic heterocycles. The Kier molecular flexibility index (Phi) is 7.29. The zero-order chi connectivity index (χ0) is 10.2. The number of aliphatic hydroxyl groups is 1. The highest BCUT2D eigenvalue weighted by Crippen LogP contribution is 2.19. The maximum Gasteiger partial charge on any atom is 0.0620 e. The zero-order valence-corrected chi connectivity index (χ0v) is 9.31. The third-order valence-corrected chi connectivity index (χ3v) is 2.38. The van der Waals surface area contributed by atoms with Gasteiger partial charge in [0.1, 0.15) is 0 Å². The fourth-order valence-corrected chi connectivity index (χ4v) is 1.48. The molecule has 0 aromatic rings. The van der Waals surface area contributed by atoms with E-state index in [9.17, 15) is 5.11 Å². The van der Waals surface area contributed by atoms with Crippen LogP contribution in [0.1, 0.15) is 52.4 Å². The van der Waals surface area contributed by atoms with Gasteiger partial charge in [-0.1, -0.05) is 26.2 Å². The Morgan fingerprint density at radius 3 is 2.31 bits per heavy atom. The Morgan fingerprint density at radius 1 is 1.15 bits per heavy atom. The van der Waals surface area contributed by atoms with E-state index in [0.717, 1.165) is 32.3 Å². The highest BCUT2D eigenvalue weighted by atomic mass is 16.5. The van der Waals surface area contributed by atoms with E-state index in [1.807, 2.05) is 6.92 Å². The first-order valence-corrected chi connectivity index (χ1v) is 5.33. The van der Waals surface area contributed by atoms with Crippen molar-refractivity contribution >= 4 is 0 Å². The minimum absolute atomic E-state index is 0.478. The Bertz CT molecular complexity index is 98.7. The summed E-state index contributed by atoms with van der Waals surface area (Å²) >= 11 is 0. The Hall–Kier alpha value is -0.0800. The largest absolute Gasteiger partial charge is 0.390 e. The monoisotopic (exact) mass is 188 g/mol. The Balaban J connectivity index is 3.42. The smallest absolute Gasteiger partial charge is 0.0620 e. The molecule has 1 N–H and O–H groups in total. The molecule has 2 heteroatoms. The van der Waals surface area contributed by atoms with E-state index in [2.05, 4.69) is 6.92 Å². The molecule has 0 aliphatic carbocycles. The molecule has 0 spiro atoms. The lowest BCUT2D eigenvalue weighted by atomic mass is 9.93. The molecule has 80 valence electrons. The van der Waals surface area contributed by atoms with Gasteiger partial charge in [-0.15, -0.1) is 0 Å². The van der Waals surface area contributed by atoms with Gasteiger partial charge in [0.2, 0.25) is 0 Å². The minimum Gasteiger partial charge on any atom is -0.390 e. The van der Waals surface area contributed by atoms with Gasteiger partial charge in [-0.25, -0.2) is 0 Å². The van der Waals surface area contributed by atoms with Gasteiger partial charge in [-0.05, 0) is 26.2 Å². The van der Waals surface area contributed by atoms with Crippen LogP contribution in [0.5, 0.6) is 0 Å². The minimum atomic E-state index is -0.478. The molecule has 1 unspecified atom stereocenters. The standard InChI is InChI=1S/C11H24O2/c1-4-5-6-8-11(2,12)9-7-10-13-3/h12H,4-10H2,1-3H3. The number of ether oxygens (including phenoxy) is 1. The molecule has 0 heterocycles. The molecule has 0 fully saturated rings. The van der Waals surface area contributed by atoms with Gasteiger partial charge >= 0.3 is 0 Å². The van der Waals surface area contributed by atoms with Crippen molar-refractivity contribution in [2.45, 2.75) is 58.0 Å². The molecule has 13 heavy (non-hydrogen) atoms. The van der Waals surface area contributed by atoms with Crippen LogP contribution in [0.15, 0.2) is 0 Å². The second-order valence-electron chi connectivity index (χ2n) is 4.05. The summed E-state index contributed by atoms with van der Waals surface area (Å²) in [6.45, 7) is 4.86. The molecule has 0 bridgehead atoms. The van der Waals surface area contributed by atoms with Crippen molar-refractivity contribution in [1.82, 2.24) is 0 Å².